The molecule has 1 nitrogen and oxygen atoms in total. The zero-order chi connectivity index (χ0) is 33.7. The molecular formula is C48H31NS2. The highest BCUT2D eigenvalue weighted by molar-refractivity contribution is 7.27. The molecule has 0 atom stereocenters. The van der Waals surface area contributed by atoms with E-state index < -0.39 is 0 Å². The van der Waals surface area contributed by atoms with E-state index in [0.717, 1.165) is 11.4 Å². The van der Waals surface area contributed by atoms with Crippen molar-refractivity contribution in [2.75, 3.05) is 4.90 Å². The van der Waals surface area contributed by atoms with Crippen LogP contribution in [0.2, 0.25) is 0 Å². The first-order valence-corrected chi connectivity index (χ1v) is 18.9. The fraction of sp³-hybridized carbons (Fsp3) is 0. The molecule has 8 aromatic carbocycles. The summed E-state index contributed by atoms with van der Waals surface area (Å²) in [5, 5.41) is 5.18. The summed E-state index contributed by atoms with van der Waals surface area (Å²) in [6.45, 7) is 0. The Bertz CT molecular complexity index is 2830. The van der Waals surface area contributed by atoms with Gasteiger partial charge in [-0.25, -0.2) is 0 Å². The smallest absolute Gasteiger partial charge is 0.0640 e. The largest absolute Gasteiger partial charge is 0.309 e. The normalized spacial score (nSPS) is 11.5. The molecule has 2 heterocycles. The second-order valence-electron chi connectivity index (χ2n) is 12.9. The van der Waals surface area contributed by atoms with Crippen molar-refractivity contribution in [1.82, 2.24) is 0 Å². The van der Waals surface area contributed by atoms with Crippen LogP contribution in [-0.2, 0) is 0 Å². The monoisotopic (exact) mass is 685 g/mol. The summed E-state index contributed by atoms with van der Waals surface area (Å²) in [6, 6.07) is 68.5. The van der Waals surface area contributed by atoms with Gasteiger partial charge in [-0.3, -0.25) is 0 Å². The molecule has 0 fully saturated rings. The lowest BCUT2D eigenvalue weighted by molar-refractivity contribution is 1.31. The van der Waals surface area contributed by atoms with E-state index in [-0.39, 0.29) is 0 Å². The van der Waals surface area contributed by atoms with Crippen LogP contribution >= 0.6 is 22.7 Å². The number of thiophene rings is 2. The minimum Gasteiger partial charge on any atom is -0.309 e. The number of nitrogens with zero attached hydrogens (tertiary/aromatic N) is 1. The Hall–Kier alpha value is -6.00. The van der Waals surface area contributed by atoms with Gasteiger partial charge in [0.1, 0.15) is 0 Å². The highest BCUT2D eigenvalue weighted by atomic mass is 32.1. The standard InChI is InChI=1S/C48H31NS2/c1-3-11-32(12-4-1)33-21-23-34(24-22-33)35-25-27-37(28-26-35)49(38-29-30-46-43(31-38)40-15-7-8-20-45(40)50-46)44-19-10-18-42-41-17-9-16-39(47(41)51-48(42)44)36-13-5-2-6-14-36/h1-31H. The van der Waals surface area contributed by atoms with Gasteiger partial charge < -0.3 is 4.90 Å². The molecule has 0 saturated heterocycles. The van der Waals surface area contributed by atoms with Gasteiger partial charge in [-0.1, -0.05) is 146 Å². The predicted octanol–water partition coefficient (Wildman–Crippen LogP) is 14.9. The van der Waals surface area contributed by atoms with Gasteiger partial charge in [0.25, 0.3) is 0 Å². The first kappa shape index (κ1) is 29.9. The number of rotatable bonds is 6. The molecule has 0 saturated carbocycles. The van der Waals surface area contributed by atoms with Crippen molar-refractivity contribution in [3.8, 4) is 33.4 Å². The maximum absolute atomic E-state index is 2.45. The first-order valence-electron chi connectivity index (χ1n) is 17.3. The van der Waals surface area contributed by atoms with E-state index in [1.807, 2.05) is 22.7 Å². The van der Waals surface area contributed by atoms with Gasteiger partial charge >= 0.3 is 0 Å². The third-order valence-electron chi connectivity index (χ3n) is 9.90. The van der Waals surface area contributed by atoms with E-state index in [1.165, 1.54) is 79.4 Å². The minimum atomic E-state index is 1.13. The van der Waals surface area contributed by atoms with Crippen LogP contribution in [0.5, 0.6) is 0 Å². The van der Waals surface area contributed by atoms with Crippen LogP contribution < -0.4 is 4.90 Å². The van der Waals surface area contributed by atoms with Crippen molar-refractivity contribution in [3.05, 3.63) is 188 Å². The lowest BCUT2D eigenvalue weighted by Gasteiger charge is -2.26. The van der Waals surface area contributed by atoms with E-state index in [9.17, 15) is 0 Å². The number of fused-ring (bicyclic) bond motifs is 6. The fourth-order valence-corrected chi connectivity index (χ4v) is 9.82. The van der Waals surface area contributed by atoms with E-state index in [0.29, 0.717) is 0 Å². The molecule has 3 heteroatoms. The van der Waals surface area contributed by atoms with Crippen molar-refractivity contribution in [2.24, 2.45) is 0 Å². The van der Waals surface area contributed by atoms with Crippen LogP contribution in [0.25, 0.3) is 73.7 Å². The second kappa shape index (κ2) is 12.4. The van der Waals surface area contributed by atoms with Crippen molar-refractivity contribution in [2.45, 2.75) is 0 Å². The van der Waals surface area contributed by atoms with E-state index in [1.54, 1.807) is 0 Å². The number of hydrogen-bond acceptors (Lipinski definition) is 3. The number of benzene rings is 8. The van der Waals surface area contributed by atoms with Gasteiger partial charge in [-0.15, -0.1) is 22.7 Å². The second-order valence-corrected chi connectivity index (χ2v) is 15.0. The van der Waals surface area contributed by atoms with Crippen LogP contribution in [-0.4, -0.2) is 0 Å². The van der Waals surface area contributed by atoms with Gasteiger partial charge in [0.15, 0.2) is 0 Å². The fourth-order valence-electron chi connectivity index (χ4n) is 7.40. The van der Waals surface area contributed by atoms with Crippen LogP contribution in [0, 0.1) is 0 Å². The summed E-state index contributed by atoms with van der Waals surface area (Å²) in [5.41, 5.74) is 10.9. The first-order chi connectivity index (χ1) is 25.3. The molecule has 240 valence electrons. The maximum atomic E-state index is 2.45. The summed E-state index contributed by atoms with van der Waals surface area (Å²) in [7, 11) is 0. The SMILES string of the molecule is c1ccc(-c2ccc(-c3ccc(N(c4ccc5sc6ccccc6c5c4)c4cccc5c4sc4c(-c6ccccc6)cccc45)cc3)cc2)cc1. The summed E-state index contributed by atoms with van der Waals surface area (Å²) < 4.78 is 5.23. The Morgan fingerprint density at radius 3 is 1.57 bits per heavy atom. The molecule has 0 bridgehead atoms. The highest BCUT2D eigenvalue weighted by Crippen LogP contribution is 2.48. The third kappa shape index (κ3) is 5.21. The Kier molecular flexibility index (Phi) is 7.26. The van der Waals surface area contributed by atoms with Crippen molar-refractivity contribution in [3.63, 3.8) is 0 Å². The summed E-state index contributed by atoms with van der Waals surface area (Å²) in [6.07, 6.45) is 0. The lowest BCUT2D eigenvalue weighted by Crippen LogP contribution is -2.10. The molecule has 0 spiro atoms. The molecule has 0 aliphatic rings. The highest BCUT2D eigenvalue weighted by Gasteiger charge is 2.20. The van der Waals surface area contributed by atoms with Gasteiger partial charge in [-0.05, 0) is 75.8 Å². The van der Waals surface area contributed by atoms with Crippen molar-refractivity contribution >= 4 is 80.1 Å². The summed E-state index contributed by atoms with van der Waals surface area (Å²) in [4.78, 5) is 2.45. The lowest BCUT2D eigenvalue weighted by atomic mass is 10.00. The van der Waals surface area contributed by atoms with Gasteiger partial charge in [0, 0.05) is 47.0 Å². The number of hydrogen-bond donors (Lipinski definition) is 0. The Morgan fingerprint density at radius 2 is 0.843 bits per heavy atom. The predicted molar refractivity (Wildman–Crippen MR) is 223 cm³/mol. The van der Waals surface area contributed by atoms with Crippen LogP contribution in [0.4, 0.5) is 17.1 Å². The zero-order valence-electron chi connectivity index (χ0n) is 27.7. The average molecular weight is 686 g/mol. The molecule has 10 aromatic rings. The molecule has 51 heavy (non-hydrogen) atoms. The quantitative estimate of drug-likeness (QED) is 0.168. The van der Waals surface area contributed by atoms with E-state index in [4.69, 9.17) is 0 Å². The topological polar surface area (TPSA) is 3.24 Å². The molecule has 10 rings (SSSR count). The Balaban J connectivity index is 1.14. The van der Waals surface area contributed by atoms with Gasteiger partial charge in [-0.2, -0.15) is 0 Å². The Morgan fingerprint density at radius 1 is 0.314 bits per heavy atom. The zero-order valence-corrected chi connectivity index (χ0v) is 29.3. The molecule has 0 amide bonds. The number of anilines is 3. The van der Waals surface area contributed by atoms with E-state index >= 15 is 0 Å². The molecule has 0 radical (unpaired) electrons. The molecule has 0 aliphatic carbocycles. The minimum absolute atomic E-state index is 1.13. The molecular weight excluding hydrogens is 655 g/mol. The van der Waals surface area contributed by atoms with Crippen LogP contribution in [0.3, 0.4) is 0 Å². The van der Waals surface area contributed by atoms with Gasteiger partial charge in [0.05, 0.1) is 10.4 Å². The maximum Gasteiger partial charge on any atom is 0.0640 e. The molecule has 0 unspecified atom stereocenters. The van der Waals surface area contributed by atoms with Crippen molar-refractivity contribution < 1.29 is 0 Å². The average Bonchev–Trinajstić information content (AvgIpc) is 3.78. The van der Waals surface area contributed by atoms with E-state index in [2.05, 4.69) is 193 Å². The van der Waals surface area contributed by atoms with Crippen LogP contribution in [0.1, 0.15) is 0 Å². The molecule has 0 aliphatic heterocycles. The Labute approximate surface area is 304 Å². The summed E-state index contributed by atoms with van der Waals surface area (Å²) >= 11 is 3.76. The summed E-state index contributed by atoms with van der Waals surface area (Å²) in [5.74, 6) is 0. The van der Waals surface area contributed by atoms with Crippen molar-refractivity contribution in [1.29, 1.82) is 0 Å². The molecule has 2 aromatic heterocycles. The third-order valence-corrected chi connectivity index (χ3v) is 12.3. The van der Waals surface area contributed by atoms with Gasteiger partial charge in [0.2, 0.25) is 0 Å². The van der Waals surface area contributed by atoms with Crippen LogP contribution in [0.15, 0.2) is 188 Å². The molecule has 0 N–H and O–H groups in total.